The highest BCUT2D eigenvalue weighted by molar-refractivity contribution is 7.27. The second-order valence-corrected chi connectivity index (χ2v) is 12.4. The van der Waals surface area contributed by atoms with Gasteiger partial charge < -0.3 is 30.2 Å². The van der Waals surface area contributed by atoms with Crippen molar-refractivity contribution in [2.45, 2.75) is 25.8 Å². The van der Waals surface area contributed by atoms with Crippen molar-refractivity contribution >= 4 is 54.5 Å². The molecule has 9 nitrogen and oxygen atoms in total. The first kappa shape index (κ1) is 29.8. The Balaban J connectivity index is 0.943. The third-order valence-corrected chi connectivity index (χ3v) is 8.91. The first-order chi connectivity index (χ1) is 22.5. The molecule has 1 atom stereocenters. The van der Waals surface area contributed by atoms with Gasteiger partial charge in [0.15, 0.2) is 6.61 Å². The number of rotatable bonds is 10. The van der Waals surface area contributed by atoms with Crippen LogP contribution in [0.5, 0.6) is 5.75 Å². The lowest BCUT2D eigenvalue weighted by Gasteiger charge is -2.29. The number of carbonyl (C=O) groups is 2. The van der Waals surface area contributed by atoms with Gasteiger partial charge in [0.2, 0.25) is 0 Å². The molecule has 1 saturated heterocycles. The maximum Gasteiger partial charge on any atom is 0.258 e. The number of hydrogen-bond donors (Lipinski definition) is 3. The van der Waals surface area contributed by atoms with Gasteiger partial charge in [-0.05, 0) is 103 Å². The van der Waals surface area contributed by atoms with Crippen molar-refractivity contribution in [3.63, 3.8) is 0 Å². The number of nitrogens with zero attached hydrogens (tertiary/aromatic N) is 3. The number of anilines is 3. The highest BCUT2D eigenvalue weighted by Crippen LogP contribution is 2.33. The van der Waals surface area contributed by atoms with Crippen molar-refractivity contribution in [1.82, 2.24) is 15.3 Å². The number of nitrogens with one attached hydrogen (secondary N) is 3. The van der Waals surface area contributed by atoms with Crippen LogP contribution in [0, 0.1) is 0 Å². The molecular formula is C36H37N6O3P. The van der Waals surface area contributed by atoms with Crippen molar-refractivity contribution in [2.24, 2.45) is 0 Å². The molecule has 0 saturated carbocycles. The molecule has 1 aromatic heterocycles. The van der Waals surface area contributed by atoms with Crippen LogP contribution in [-0.2, 0) is 11.3 Å². The smallest absolute Gasteiger partial charge is 0.258 e. The number of fused-ring (bicyclic) bond motifs is 2. The second kappa shape index (κ2) is 13.2. The van der Waals surface area contributed by atoms with E-state index in [9.17, 15) is 9.59 Å². The molecule has 0 spiro atoms. The lowest BCUT2D eigenvalue weighted by Crippen LogP contribution is -2.32. The molecule has 0 aliphatic carbocycles. The number of carbonyl (C=O) groups excluding carboxylic acids is 2. The van der Waals surface area contributed by atoms with Crippen LogP contribution in [0.25, 0.3) is 22.4 Å². The van der Waals surface area contributed by atoms with Crippen LogP contribution < -0.4 is 30.5 Å². The fourth-order valence-corrected chi connectivity index (χ4v) is 6.42. The Morgan fingerprint density at radius 2 is 1.74 bits per heavy atom. The molecule has 1 unspecified atom stereocenters. The van der Waals surface area contributed by atoms with Crippen molar-refractivity contribution in [2.75, 3.05) is 47.9 Å². The predicted octanol–water partition coefficient (Wildman–Crippen LogP) is 5.49. The van der Waals surface area contributed by atoms with Crippen LogP contribution in [0.4, 0.5) is 17.1 Å². The molecule has 2 amide bonds. The van der Waals surface area contributed by atoms with Gasteiger partial charge in [0.05, 0.1) is 17.6 Å². The van der Waals surface area contributed by atoms with E-state index in [2.05, 4.69) is 41.9 Å². The molecule has 3 heterocycles. The van der Waals surface area contributed by atoms with Crippen molar-refractivity contribution in [1.29, 1.82) is 0 Å². The highest BCUT2D eigenvalue weighted by Gasteiger charge is 2.29. The Morgan fingerprint density at radius 3 is 2.57 bits per heavy atom. The molecule has 0 radical (unpaired) electrons. The maximum atomic E-state index is 13.4. The molecule has 0 bridgehead atoms. The van der Waals surface area contributed by atoms with E-state index >= 15 is 0 Å². The molecule has 234 valence electrons. The maximum absolute atomic E-state index is 13.4. The molecule has 5 aromatic rings. The zero-order chi connectivity index (χ0) is 31.5. The molecule has 4 aromatic carbocycles. The Morgan fingerprint density at radius 1 is 0.913 bits per heavy atom. The van der Waals surface area contributed by atoms with Crippen LogP contribution in [0.15, 0.2) is 84.9 Å². The summed E-state index contributed by atoms with van der Waals surface area (Å²) in [5.74, 6) is 1.17. The summed E-state index contributed by atoms with van der Waals surface area (Å²) in [4.78, 5) is 38.0. The normalized spacial score (nSPS) is 14.4. The number of aromatic nitrogens is 2. The summed E-state index contributed by atoms with van der Waals surface area (Å²) >= 11 is 0. The van der Waals surface area contributed by atoms with Gasteiger partial charge in [0.25, 0.3) is 11.8 Å². The summed E-state index contributed by atoms with van der Waals surface area (Å²) < 4.78 is 5.69. The average Bonchev–Trinajstić information content (AvgIpc) is 3.66. The van der Waals surface area contributed by atoms with E-state index in [0.29, 0.717) is 25.4 Å². The van der Waals surface area contributed by atoms with Crippen molar-refractivity contribution < 1.29 is 14.3 Å². The molecule has 7 rings (SSSR count). The number of piperidine rings is 1. The van der Waals surface area contributed by atoms with Gasteiger partial charge in [-0.15, -0.1) is 9.24 Å². The van der Waals surface area contributed by atoms with E-state index in [4.69, 9.17) is 9.72 Å². The van der Waals surface area contributed by atoms with Crippen LogP contribution in [0.3, 0.4) is 0 Å². The van der Waals surface area contributed by atoms with Crippen LogP contribution in [-0.4, -0.2) is 54.6 Å². The summed E-state index contributed by atoms with van der Waals surface area (Å²) in [6, 6.07) is 27.7. The minimum atomic E-state index is -0.180. The fraction of sp³-hybridized carbons (Fsp3) is 0.250. The molecule has 46 heavy (non-hydrogen) atoms. The second-order valence-electron chi connectivity index (χ2n) is 11.8. The first-order valence-electron chi connectivity index (χ1n) is 15.8. The monoisotopic (exact) mass is 632 g/mol. The van der Waals surface area contributed by atoms with Gasteiger partial charge in [-0.1, -0.05) is 12.1 Å². The minimum absolute atomic E-state index is 0.0294. The lowest BCUT2D eigenvalue weighted by atomic mass is 10.1. The summed E-state index contributed by atoms with van der Waals surface area (Å²) in [7, 11) is 2.67. The van der Waals surface area contributed by atoms with E-state index in [1.807, 2.05) is 77.7 Å². The number of aromatic amines is 1. The number of ether oxygens (including phenoxy) is 1. The van der Waals surface area contributed by atoms with Gasteiger partial charge in [-0.3, -0.25) is 9.59 Å². The summed E-state index contributed by atoms with van der Waals surface area (Å²) in [5.41, 5.74) is 7.50. The molecule has 3 N–H and O–H groups in total. The van der Waals surface area contributed by atoms with E-state index in [0.717, 1.165) is 63.3 Å². The zero-order valence-corrected chi connectivity index (χ0v) is 26.7. The third kappa shape index (κ3) is 6.56. The van der Waals surface area contributed by atoms with E-state index in [-0.39, 0.29) is 18.4 Å². The quantitative estimate of drug-likeness (QED) is 0.139. The van der Waals surface area contributed by atoms with Crippen molar-refractivity contribution in [3.8, 4) is 17.1 Å². The Hall–Kier alpha value is -4.88. The van der Waals surface area contributed by atoms with Gasteiger partial charge in [0.1, 0.15) is 11.6 Å². The fourth-order valence-electron chi connectivity index (χ4n) is 6.13. The number of H-pyrrole nitrogens is 1. The Bertz CT molecular complexity index is 1880. The summed E-state index contributed by atoms with van der Waals surface area (Å²) in [6.45, 7) is 3.77. The van der Waals surface area contributed by atoms with Gasteiger partial charge in [-0.2, -0.15) is 0 Å². The number of hydrogen-bond acceptors (Lipinski definition) is 6. The predicted molar refractivity (Wildman–Crippen MR) is 187 cm³/mol. The highest BCUT2D eigenvalue weighted by atomic mass is 31.0. The molecule has 2 aliphatic rings. The minimum Gasteiger partial charge on any atom is -0.484 e. The van der Waals surface area contributed by atoms with Crippen molar-refractivity contribution in [3.05, 3.63) is 96.1 Å². The standard InChI is InChI=1S/C36H37N6O3P/c43-34(38-16-15-37-26-5-4-6-30(46)20-26)23-45-29-11-7-24(8-12-29)35-39-32-14-10-28(21-33(32)40-35)42-22-25-19-27(9-13-31(25)36(42)44)41-17-2-1-3-18-41/h4-14,19-21,37H,1-3,15-18,22-23,46H2,(H,38,43)(H,39,40). The Kier molecular flexibility index (Phi) is 8.57. The summed E-state index contributed by atoms with van der Waals surface area (Å²) in [5, 5.41) is 7.25. The Labute approximate surface area is 270 Å². The van der Waals surface area contributed by atoms with Gasteiger partial charge >= 0.3 is 0 Å². The summed E-state index contributed by atoms with van der Waals surface area (Å²) in [6.07, 6.45) is 3.73. The number of amides is 2. The number of imidazole rings is 1. The largest absolute Gasteiger partial charge is 0.484 e. The van der Waals surface area contributed by atoms with Gasteiger partial charge in [-0.25, -0.2) is 4.98 Å². The first-order valence-corrected chi connectivity index (χ1v) is 16.4. The van der Waals surface area contributed by atoms with Crippen LogP contribution in [0.1, 0.15) is 35.2 Å². The third-order valence-electron chi connectivity index (χ3n) is 8.55. The molecular weight excluding hydrogens is 595 g/mol. The molecule has 10 heteroatoms. The molecule has 1 fully saturated rings. The van der Waals surface area contributed by atoms with E-state index < -0.39 is 0 Å². The SMILES string of the molecule is O=C(COc1ccc(-c2nc3ccc(N4Cc5cc(N6CCCCC6)ccc5C4=O)cc3[nH]2)cc1)NCCNc1cccc(P)c1. The lowest BCUT2D eigenvalue weighted by molar-refractivity contribution is -0.123. The average molecular weight is 633 g/mol. The molecule has 2 aliphatic heterocycles. The van der Waals surface area contributed by atoms with E-state index in [1.165, 1.54) is 24.9 Å². The topological polar surface area (TPSA) is 103 Å². The van der Waals surface area contributed by atoms with Crippen LogP contribution in [0.2, 0.25) is 0 Å². The van der Waals surface area contributed by atoms with Crippen LogP contribution >= 0.6 is 9.24 Å². The number of benzene rings is 4. The van der Waals surface area contributed by atoms with E-state index in [1.54, 1.807) is 0 Å². The zero-order valence-electron chi connectivity index (χ0n) is 25.6. The van der Waals surface area contributed by atoms with Gasteiger partial charge in [0, 0.05) is 54.4 Å².